The van der Waals surface area contributed by atoms with Crippen molar-refractivity contribution in [3.05, 3.63) is 34.9 Å². The summed E-state index contributed by atoms with van der Waals surface area (Å²) in [6, 6.07) is 6.77. The summed E-state index contributed by atoms with van der Waals surface area (Å²) in [5.74, 6) is 1.55. The molecule has 0 saturated heterocycles. The Hall–Kier alpha value is -0.820. The fourth-order valence-electron chi connectivity index (χ4n) is 3.17. The third kappa shape index (κ3) is 2.55. The molecule has 1 nitrogen and oxygen atoms in total. The van der Waals surface area contributed by atoms with Gasteiger partial charge < -0.3 is 5.73 Å². The minimum atomic E-state index is -0.0945. The molecule has 0 aliphatic heterocycles. The Balaban J connectivity index is 2.31. The van der Waals surface area contributed by atoms with E-state index in [4.69, 9.17) is 5.73 Å². The van der Waals surface area contributed by atoms with Gasteiger partial charge >= 0.3 is 0 Å². The first-order valence-electron chi connectivity index (χ1n) is 6.78. The number of rotatable bonds is 1. The van der Waals surface area contributed by atoms with Crippen LogP contribution in [-0.2, 0) is 5.54 Å². The van der Waals surface area contributed by atoms with Gasteiger partial charge in [-0.1, -0.05) is 43.2 Å². The second-order valence-corrected chi connectivity index (χ2v) is 6.23. The molecule has 3 atom stereocenters. The zero-order chi connectivity index (χ0) is 12.6. The quantitative estimate of drug-likeness (QED) is 0.779. The molecule has 1 saturated carbocycles. The molecule has 0 radical (unpaired) electrons. The molecule has 17 heavy (non-hydrogen) atoms. The van der Waals surface area contributed by atoms with Crippen molar-refractivity contribution in [1.29, 1.82) is 0 Å². The minimum Gasteiger partial charge on any atom is -0.321 e. The van der Waals surface area contributed by atoms with E-state index in [-0.39, 0.29) is 5.54 Å². The van der Waals surface area contributed by atoms with E-state index in [2.05, 4.69) is 45.9 Å². The maximum absolute atomic E-state index is 6.67. The summed E-state index contributed by atoms with van der Waals surface area (Å²) in [7, 11) is 0. The zero-order valence-corrected chi connectivity index (χ0v) is 11.6. The second kappa shape index (κ2) is 4.45. The number of benzene rings is 1. The Labute approximate surface area is 105 Å². The van der Waals surface area contributed by atoms with Crippen LogP contribution >= 0.6 is 0 Å². The fraction of sp³-hybridized carbons (Fsp3) is 0.625. The smallest absolute Gasteiger partial charge is 0.0412 e. The van der Waals surface area contributed by atoms with Gasteiger partial charge in [0.25, 0.3) is 0 Å². The van der Waals surface area contributed by atoms with E-state index in [1.165, 1.54) is 23.1 Å². The lowest BCUT2D eigenvalue weighted by Gasteiger charge is -2.41. The summed E-state index contributed by atoms with van der Waals surface area (Å²) in [6.07, 6.45) is 3.50. The highest BCUT2D eigenvalue weighted by Crippen LogP contribution is 2.41. The van der Waals surface area contributed by atoms with Crippen molar-refractivity contribution in [3.63, 3.8) is 0 Å². The van der Waals surface area contributed by atoms with Crippen LogP contribution in [0.15, 0.2) is 18.2 Å². The number of hydrogen-bond donors (Lipinski definition) is 1. The van der Waals surface area contributed by atoms with Gasteiger partial charge in [-0.05, 0) is 50.5 Å². The van der Waals surface area contributed by atoms with E-state index in [0.29, 0.717) is 0 Å². The summed E-state index contributed by atoms with van der Waals surface area (Å²) in [5, 5.41) is 0. The van der Waals surface area contributed by atoms with Crippen LogP contribution in [0.1, 0.15) is 49.8 Å². The molecule has 0 bridgehead atoms. The third-order valence-electron chi connectivity index (χ3n) is 4.50. The van der Waals surface area contributed by atoms with Crippen LogP contribution in [0, 0.1) is 25.7 Å². The normalized spacial score (nSPS) is 33.7. The van der Waals surface area contributed by atoms with Crippen LogP contribution < -0.4 is 5.73 Å². The van der Waals surface area contributed by atoms with Crippen molar-refractivity contribution >= 4 is 0 Å². The van der Waals surface area contributed by atoms with E-state index < -0.39 is 0 Å². The lowest BCUT2D eigenvalue weighted by Crippen LogP contribution is -2.43. The Bertz CT molecular complexity index is 390. The zero-order valence-electron chi connectivity index (χ0n) is 11.6. The summed E-state index contributed by atoms with van der Waals surface area (Å²) in [5.41, 5.74) is 10.6. The van der Waals surface area contributed by atoms with Crippen LogP contribution in [0.4, 0.5) is 0 Å². The summed E-state index contributed by atoms with van der Waals surface area (Å²) in [4.78, 5) is 0. The molecular weight excluding hydrogens is 206 g/mol. The molecule has 94 valence electrons. The van der Waals surface area contributed by atoms with Crippen LogP contribution in [0.25, 0.3) is 0 Å². The minimum absolute atomic E-state index is 0.0945. The standard InChI is InChI=1S/C16H25N/c1-11-7-12(2)9-15(8-11)16(17)6-5-13(3)14(4)10-16/h7-9,13-14H,5-6,10,17H2,1-4H3. The van der Waals surface area contributed by atoms with Gasteiger partial charge in [0.15, 0.2) is 0 Å². The number of aryl methyl sites for hydroxylation is 2. The van der Waals surface area contributed by atoms with Gasteiger partial charge in [0.1, 0.15) is 0 Å². The average Bonchev–Trinajstić information content (AvgIpc) is 2.23. The molecule has 1 heteroatoms. The van der Waals surface area contributed by atoms with E-state index in [1.54, 1.807) is 0 Å². The molecule has 1 aliphatic rings. The molecule has 1 fully saturated rings. The van der Waals surface area contributed by atoms with Crippen molar-refractivity contribution in [1.82, 2.24) is 0 Å². The van der Waals surface area contributed by atoms with Crippen LogP contribution in [0.5, 0.6) is 0 Å². The highest BCUT2D eigenvalue weighted by molar-refractivity contribution is 5.33. The largest absolute Gasteiger partial charge is 0.321 e. The molecule has 1 aromatic carbocycles. The van der Waals surface area contributed by atoms with Gasteiger partial charge in [0, 0.05) is 5.54 Å². The van der Waals surface area contributed by atoms with Gasteiger partial charge in [-0.25, -0.2) is 0 Å². The van der Waals surface area contributed by atoms with Gasteiger partial charge in [-0.2, -0.15) is 0 Å². The summed E-state index contributed by atoms with van der Waals surface area (Å²) in [6.45, 7) is 9.02. The second-order valence-electron chi connectivity index (χ2n) is 6.23. The molecule has 1 aromatic rings. The predicted molar refractivity (Wildman–Crippen MR) is 74.0 cm³/mol. The van der Waals surface area contributed by atoms with Gasteiger partial charge in [-0.15, -0.1) is 0 Å². The highest BCUT2D eigenvalue weighted by atomic mass is 14.8. The maximum atomic E-state index is 6.67. The average molecular weight is 231 g/mol. The van der Waals surface area contributed by atoms with Crippen LogP contribution in [0.2, 0.25) is 0 Å². The topological polar surface area (TPSA) is 26.0 Å². The molecule has 0 spiro atoms. The summed E-state index contributed by atoms with van der Waals surface area (Å²) < 4.78 is 0. The number of hydrogen-bond acceptors (Lipinski definition) is 1. The summed E-state index contributed by atoms with van der Waals surface area (Å²) >= 11 is 0. The molecular formula is C16H25N. The molecule has 2 N–H and O–H groups in total. The lowest BCUT2D eigenvalue weighted by molar-refractivity contribution is 0.177. The van der Waals surface area contributed by atoms with Gasteiger partial charge in [-0.3, -0.25) is 0 Å². The van der Waals surface area contributed by atoms with Gasteiger partial charge in [0.2, 0.25) is 0 Å². The Morgan fingerprint density at radius 2 is 1.65 bits per heavy atom. The molecule has 3 unspecified atom stereocenters. The molecule has 1 aliphatic carbocycles. The highest BCUT2D eigenvalue weighted by Gasteiger charge is 2.35. The van der Waals surface area contributed by atoms with E-state index in [1.807, 2.05) is 0 Å². The van der Waals surface area contributed by atoms with Crippen molar-refractivity contribution in [3.8, 4) is 0 Å². The molecule has 0 heterocycles. The first kappa shape index (κ1) is 12.6. The third-order valence-corrected chi connectivity index (χ3v) is 4.50. The molecule has 0 amide bonds. The van der Waals surface area contributed by atoms with E-state index in [9.17, 15) is 0 Å². The fourth-order valence-corrected chi connectivity index (χ4v) is 3.17. The first-order chi connectivity index (χ1) is 7.90. The Morgan fingerprint density at radius 3 is 2.18 bits per heavy atom. The SMILES string of the molecule is Cc1cc(C)cc(C2(N)CCC(C)C(C)C2)c1. The van der Waals surface area contributed by atoms with Crippen LogP contribution in [-0.4, -0.2) is 0 Å². The van der Waals surface area contributed by atoms with Crippen molar-refractivity contribution in [2.24, 2.45) is 17.6 Å². The molecule has 0 aromatic heterocycles. The van der Waals surface area contributed by atoms with Crippen LogP contribution in [0.3, 0.4) is 0 Å². The van der Waals surface area contributed by atoms with E-state index >= 15 is 0 Å². The predicted octanol–water partition coefficient (Wildman–Crippen LogP) is 3.91. The first-order valence-corrected chi connectivity index (χ1v) is 6.78. The molecule has 2 rings (SSSR count). The monoisotopic (exact) mass is 231 g/mol. The number of nitrogens with two attached hydrogens (primary N) is 1. The van der Waals surface area contributed by atoms with Gasteiger partial charge in [0.05, 0.1) is 0 Å². The lowest BCUT2D eigenvalue weighted by atomic mass is 9.68. The Kier molecular flexibility index (Phi) is 3.31. The maximum Gasteiger partial charge on any atom is 0.0412 e. The van der Waals surface area contributed by atoms with Crippen molar-refractivity contribution in [2.75, 3.05) is 0 Å². The van der Waals surface area contributed by atoms with Crippen molar-refractivity contribution < 1.29 is 0 Å². The van der Waals surface area contributed by atoms with Crippen molar-refractivity contribution in [2.45, 2.75) is 52.5 Å². The van der Waals surface area contributed by atoms with E-state index in [0.717, 1.165) is 24.7 Å². The Morgan fingerprint density at radius 1 is 1.06 bits per heavy atom.